The topological polar surface area (TPSA) is 79.6 Å². The third-order valence-electron chi connectivity index (χ3n) is 5.33. The fraction of sp³-hybridized carbons (Fsp3) is 0.556. The molecule has 25 heavy (non-hydrogen) atoms. The molecule has 1 aliphatic heterocycles. The molecule has 2 fully saturated rings. The van der Waals surface area contributed by atoms with Crippen LogP contribution in [-0.4, -0.2) is 50.4 Å². The maximum Gasteiger partial charge on any atom is 0.225 e. The van der Waals surface area contributed by atoms with Crippen molar-refractivity contribution in [2.45, 2.75) is 44.6 Å². The zero-order valence-corrected chi connectivity index (χ0v) is 14.2. The summed E-state index contributed by atoms with van der Waals surface area (Å²) in [4.78, 5) is 26.6. The van der Waals surface area contributed by atoms with Crippen LogP contribution in [0.15, 0.2) is 24.4 Å². The van der Waals surface area contributed by atoms with Gasteiger partial charge < -0.3 is 10.2 Å². The second kappa shape index (κ2) is 6.82. The van der Waals surface area contributed by atoms with Crippen molar-refractivity contribution in [3.63, 3.8) is 0 Å². The molecule has 4 rings (SSSR count). The Morgan fingerprint density at radius 1 is 1.24 bits per heavy atom. The molecule has 1 unspecified atom stereocenters. The van der Waals surface area contributed by atoms with Gasteiger partial charge in [-0.1, -0.05) is 18.9 Å². The summed E-state index contributed by atoms with van der Waals surface area (Å²) in [7, 11) is 0. The van der Waals surface area contributed by atoms with Crippen molar-refractivity contribution in [2.24, 2.45) is 5.92 Å². The summed E-state index contributed by atoms with van der Waals surface area (Å²) in [6.45, 7) is 1.08. The first-order valence-corrected chi connectivity index (χ1v) is 9.08. The van der Waals surface area contributed by atoms with E-state index in [1.165, 1.54) is 12.8 Å². The maximum absolute atomic E-state index is 12.4. The Morgan fingerprint density at radius 3 is 2.92 bits per heavy atom. The van der Waals surface area contributed by atoms with Gasteiger partial charge in [-0.2, -0.15) is 0 Å². The molecule has 2 aromatic heterocycles. The Bertz CT molecular complexity index is 781. The number of carbonyl (C=O) groups excluding carboxylic acids is 2. The van der Waals surface area contributed by atoms with Gasteiger partial charge in [0, 0.05) is 38.2 Å². The summed E-state index contributed by atoms with van der Waals surface area (Å²) in [6.07, 6.45) is 7.43. The molecule has 0 bridgehead atoms. The maximum atomic E-state index is 12.4. The number of hydrogen-bond donors (Lipinski definition) is 1. The average Bonchev–Trinajstić information content (AvgIpc) is 3.34. The predicted octanol–water partition coefficient (Wildman–Crippen LogP) is 1.18. The first kappa shape index (κ1) is 16.1. The lowest BCUT2D eigenvalue weighted by Gasteiger charge is -2.23. The van der Waals surface area contributed by atoms with Gasteiger partial charge in [-0.3, -0.25) is 14.0 Å². The Labute approximate surface area is 146 Å². The molecule has 0 spiro atoms. The summed E-state index contributed by atoms with van der Waals surface area (Å²) in [5, 5.41) is 11.2. The number of amides is 2. The molecule has 2 aliphatic rings. The lowest BCUT2D eigenvalue weighted by molar-refractivity contribution is -0.130. The molecule has 2 aromatic rings. The summed E-state index contributed by atoms with van der Waals surface area (Å²) in [5.41, 5.74) is 0.803. The van der Waals surface area contributed by atoms with E-state index >= 15 is 0 Å². The van der Waals surface area contributed by atoms with E-state index in [4.69, 9.17) is 0 Å². The SMILES string of the molecule is O=C(NCCc1nnc2ccccn12)C1CC(=O)N(C2CCCC2)C1. The molecule has 3 heterocycles. The van der Waals surface area contributed by atoms with Gasteiger partial charge in [0.15, 0.2) is 5.65 Å². The zero-order valence-electron chi connectivity index (χ0n) is 14.2. The quantitative estimate of drug-likeness (QED) is 0.886. The first-order valence-electron chi connectivity index (χ1n) is 9.08. The Kier molecular flexibility index (Phi) is 4.38. The molecule has 1 saturated carbocycles. The highest BCUT2D eigenvalue weighted by Crippen LogP contribution is 2.29. The van der Waals surface area contributed by atoms with Gasteiger partial charge in [0.1, 0.15) is 5.82 Å². The lowest BCUT2D eigenvalue weighted by Crippen LogP contribution is -2.37. The van der Waals surface area contributed by atoms with E-state index in [0.717, 1.165) is 24.3 Å². The third kappa shape index (κ3) is 3.23. The molecule has 1 aliphatic carbocycles. The van der Waals surface area contributed by atoms with Crippen molar-refractivity contribution in [1.82, 2.24) is 24.8 Å². The Morgan fingerprint density at radius 2 is 2.08 bits per heavy atom. The summed E-state index contributed by atoms with van der Waals surface area (Å²) >= 11 is 0. The van der Waals surface area contributed by atoms with E-state index in [1.54, 1.807) is 0 Å². The minimum atomic E-state index is -0.219. The molecule has 2 amide bonds. The molecule has 0 radical (unpaired) electrons. The number of nitrogens with one attached hydrogen (secondary N) is 1. The smallest absolute Gasteiger partial charge is 0.225 e. The number of fused-ring (bicyclic) bond motifs is 1. The number of carbonyl (C=O) groups is 2. The van der Waals surface area contributed by atoms with Crippen LogP contribution in [0.4, 0.5) is 0 Å². The second-order valence-electron chi connectivity index (χ2n) is 6.97. The average molecular weight is 341 g/mol. The molecule has 1 saturated heterocycles. The van der Waals surface area contributed by atoms with Crippen LogP contribution in [0, 0.1) is 5.92 Å². The number of pyridine rings is 1. The van der Waals surface area contributed by atoms with Crippen molar-refractivity contribution in [3.05, 3.63) is 30.2 Å². The molecular formula is C18H23N5O2. The van der Waals surface area contributed by atoms with Crippen LogP contribution in [0.2, 0.25) is 0 Å². The van der Waals surface area contributed by atoms with Crippen LogP contribution in [0.5, 0.6) is 0 Å². The molecule has 7 nitrogen and oxygen atoms in total. The highest BCUT2D eigenvalue weighted by atomic mass is 16.2. The minimum Gasteiger partial charge on any atom is -0.355 e. The van der Waals surface area contributed by atoms with Crippen molar-refractivity contribution < 1.29 is 9.59 Å². The van der Waals surface area contributed by atoms with Crippen LogP contribution in [0.25, 0.3) is 5.65 Å². The van der Waals surface area contributed by atoms with Crippen LogP contribution in [0.3, 0.4) is 0 Å². The van der Waals surface area contributed by atoms with E-state index in [9.17, 15) is 9.59 Å². The zero-order chi connectivity index (χ0) is 17.2. The highest BCUT2D eigenvalue weighted by Gasteiger charge is 2.38. The third-order valence-corrected chi connectivity index (χ3v) is 5.33. The van der Waals surface area contributed by atoms with Crippen molar-refractivity contribution in [2.75, 3.05) is 13.1 Å². The van der Waals surface area contributed by atoms with E-state index < -0.39 is 0 Å². The van der Waals surface area contributed by atoms with Gasteiger partial charge in [-0.15, -0.1) is 10.2 Å². The first-order chi connectivity index (χ1) is 12.2. The minimum absolute atomic E-state index is 0.0253. The van der Waals surface area contributed by atoms with Gasteiger partial charge in [0.05, 0.1) is 5.92 Å². The van der Waals surface area contributed by atoms with Crippen molar-refractivity contribution >= 4 is 17.5 Å². The largest absolute Gasteiger partial charge is 0.355 e. The molecule has 132 valence electrons. The van der Waals surface area contributed by atoms with Crippen molar-refractivity contribution in [3.8, 4) is 0 Å². The van der Waals surface area contributed by atoms with E-state index in [0.29, 0.717) is 32.0 Å². The molecule has 1 atom stereocenters. The normalized spacial score (nSPS) is 21.4. The number of likely N-dealkylation sites (tertiary alicyclic amines) is 1. The van der Waals surface area contributed by atoms with Crippen LogP contribution in [0.1, 0.15) is 37.9 Å². The predicted molar refractivity (Wildman–Crippen MR) is 91.8 cm³/mol. The van der Waals surface area contributed by atoms with E-state index in [-0.39, 0.29) is 17.7 Å². The van der Waals surface area contributed by atoms with Gasteiger partial charge in [-0.05, 0) is 25.0 Å². The van der Waals surface area contributed by atoms with Gasteiger partial charge >= 0.3 is 0 Å². The Hall–Kier alpha value is -2.44. The van der Waals surface area contributed by atoms with E-state index in [1.807, 2.05) is 33.7 Å². The number of rotatable bonds is 5. The summed E-state index contributed by atoms with van der Waals surface area (Å²) in [6, 6.07) is 6.10. The van der Waals surface area contributed by atoms with Crippen LogP contribution < -0.4 is 5.32 Å². The summed E-state index contributed by atoms with van der Waals surface area (Å²) in [5.74, 6) is 0.715. The van der Waals surface area contributed by atoms with Crippen LogP contribution >= 0.6 is 0 Å². The molecule has 0 aromatic carbocycles. The second-order valence-corrected chi connectivity index (χ2v) is 6.97. The monoisotopic (exact) mass is 341 g/mol. The summed E-state index contributed by atoms with van der Waals surface area (Å²) < 4.78 is 1.92. The molecule has 1 N–H and O–H groups in total. The highest BCUT2D eigenvalue weighted by molar-refractivity contribution is 5.89. The fourth-order valence-electron chi connectivity index (χ4n) is 3.98. The fourth-order valence-corrected chi connectivity index (χ4v) is 3.98. The number of nitrogens with zero attached hydrogens (tertiary/aromatic N) is 4. The number of aromatic nitrogens is 3. The van der Waals surface area contributed by atoms with E-state index in [2.05, 4.69) is 15.5 Å². The van der Waals surface area contributed by atoms with Gasteiger partial charge in [0.25, 0.3) is 0 Å². The van der Waals surface area contributed by atoms with Crippen LogP contribution in [-0.2, 0) is 16.0 Å². The number of hydrogen-bond acceptors (Lipinski definition) is 4. The standard InChI is InChI=1S/C18H23N5O2/c24-17-11-13(12-23(17)14-5-1-2-6-14)18(25)19-9-8-16-21-20-15-7-3-4-10-22(15)16/h3-4,7,10,13-14H,1-2,5-6,8-9,11-12H2,(H,19,25). The van der Waals surface area contributed by atoms with Gasteiger partial charge in [-0.25, -0.2) is 0 Å². The van der Waals surface area contributed by atoms with Gasteiger partial charge in [0.2, 0.25) is 11.8 Å². The van der Waals surface area contributed by atoms with Crippen molar-refractivity contribution in [1.29, 1.82) is 0 Å². The Balaban J connectivity index is 1.30. The molecule has 7 heteroatoms. The lowest BCUT2D eigenvalue weighted by atomic mass is 10.1. The molecular weight excluding hydrogens is 318 g/mol.